The van der Waals surface area contributed by atoms with Gasteiger partial charge in [0.15, 0.2) is 0 Å². The first-order valence-corrected chi connectivity index (χ1v) is 8.45. The fourth-order valence-corrected chi connectivity index (χ4v) is 4.05. The number of piperidine rings is 1. The van der Waals surface area contributed by atoms with Gasteiger partial charge in [0.1, 0.15) is 0 Å². The van der Waals surface area contributed by atoms with Crippen molar-refractivity contribution in [1.29, 1.82) is 5.26 Å². The van der Waals surface area contributed by atoms with Crippen LogP contribution in [0.25, 0.3) is 0 Å². The van der Waals surface area contributed by atoms with Crippen molar-refractivity contribution in [3.8, 4) is 6.07 Å². The van der Waals surface area contributed by atoms with Crippen molar-refractivity contribution in [2.45, 2.75) is 23.9 Å². The minimum absolute atomic E-state index is 0.228. The Morgan fingerprint density at radius 1 is 1.30 bits per heavy atom. The average molecular weight is 347 g/mol. The third kappa shape index (κ3) is 3.65. The zero-order valence-electron chi connectivity index (χ0n) is 12.2. The predicted molar refractivity (Wildman–Crippen MR) is 76.7 cm³/mol. The maximum Gasteiger partial charge on any atom is 0.417 e. The van der Waals surface area contributed by atoms with Crippen LogP contribution >= 0.6 is 0 Å². The summed E-state index contributed by atoms with van der Waals surface area (Å²) < 4.78 is 65.1. The van der Waals surface area contributed by atoms with E-state index in [4.69, 9.17) is 11.0 Å². The molecule has 0 unspecified atom stereocenters. The molecule has 1 fully saturated rings. The summed E-state index contributed by atoms with van der Waals surface area (Å²) in [6, 6.07) is 3.89. The molecule has 0 atom stereocenters. The van der Waals surface area contributed by atoms with E-state index < -0.39 is 32.2 Å². The molecule has 9 heteroatoms. The van der Waals surface area contributed by atoms with Gasteiger partial charge < -0.3 is 5.73 Å². The lowest BCUT2D eigenvalue weighted by Gasteiger charge is -2.30. The van der Waals surface area contributed by atoms with Crippen LogP contribution in [0.4, 0.5) is 13.2 Å². The Labute approximate surface area is 132 Å². The number of benzene rings is 1. The molecule has 0 amide bonds. The highest BCUT2D eigenvalue weighted by molar-refractivity contribution is 7.89. The van der Waals surface area contributed by atoms with Crippen molar-refractivity contribution >= 4 is 10.0 Å². The summed E-state index contributed by atoms with van der Waals surface area (Å²) in [5, 5.41) is 8.76. The summed E-state index contributed by atoms with van der Waals surface area (Å²) in [5.74, 6) is 0.230. The molecular formula is C14H16F3N3O2S. The highest BCUT2D eigenvalue weighted by atomic mass is 32.2. The van der Waals surface area contributed by atoms with Gasteiger partial charge in [-0.15, -0.1) is 0 Å². The number of nitriles is 1. The predicted octanol–water partition coefficient (Wildman–Crippen LogP) is 1.94. The van der Waals surface area contributed by atoms with Crippen molar-refractivity contribution in [3.63, 3.8) is 0 Å². The Kier molecular flexibility index (Phi) is 4.98. The van der Waals surface area contributed by atoms with Crippen LogP contribution in [0.2, 0.25) is 0 Å². The van der Waals surface area contributed by atoms with Crippen LogP contribution in [0, 0.1) is 17.2 Å². The van der Waals surface area contributed by atoms with Gasteiger partial charge in [0.2, 0.25) is 10.0 Å². The lowest BCUT2D eigenvalue weighted by atomic mass is 9.99. The minimum atomic E-state index is -4.79. The molecule has 1 heterocycles. The van der Waals surface area contributed by atoms with Crippen LogP contribution in [0.15, 0.2) is 23.1 Å². The maximum atomic E-state index is 13.0. The molecule has 1 saturated heterocycles. The first-order chi connectivity index (χ1) is 10.7. The molecule has 1 aliphatic rings. The van der Waals surface area contributed by atoms with Gasteiger partial charge in [0, 0.05) is 13.1 Å². The van der Waals surface area contributed by atoms with E-state index in [1.807, 2.05) is 0 Å². The van der Waals surface area contributed by atoms with Crippen LogP contribution in [-0.4, -0.2) is 32.4 Å². The molecule has 0 saturated carbocycles. The molecule has 23 heavy (non-hydrogen) atoms. The Bertz CT molecular complexity index is 718. The zero-order valence-corrected chi connectivity index (χ0v) is 13.0. The SMILES string of the molecule is N#Cc1ccc(S(=O)(=O)N2CCC(CN)CC2)cc1C(F)(F)F. The van der Waals surface area contributed by atoms with Crippen molar-refractivity contribution < 1.29 is 21.6 Å². The summed E-state index contributed by atoms with van der Waals surface area (Å²) in [7, 11) is -4.02. The fourth-order valence-electron chi connectivity index (χ4n) is 2.55. The van der Waals surface area contributed by atoms with Crippen molar-refractivity contribution in [3.05, 3.63) is 29.3 Å². The van der Waals surface area contributed by atoms with Crippen LogP contribution in [0.1, 0.15) is 24.0 Å². The molecule has 1 aromatic rings. The second-order valence-corrected chi connectivity index (χ2v) is 7.34. The van der Waals surface area contributed by atoms with Gasteiger partial charge >= 0.3 is 6.18 Å². The molecule has 126 valence electrons. The van der Waals surface area contributed by atoms with E-state index in [-0.39, 0.29) is 19.0 Å². The third-order valence-electron chi connectivity index (χ3n) is 3.96. The number of nitrogens with two attached hydrogens (primary N) is 1. The number of alkyl halides is 3. The van der Waals surface area contributed by atoms with Crippen molar-refractivity contribution in [1.82, 2.24) is 4.31 Å². The monoisotopic (exact) mass is 347 g/mol. The highest BCUT2D eigenvalue weighted by Gasteiger charge is 2.36. The number of rotatable bonds is 3. The van der Waals surface area contributed by atoms with Gasteiger partial charge in [-0.2, -0.15) is 22.7 Å². The Morgan fingerprint density at radius 2 is 1.91 bits per heavy atom. The summed E-state index contributed by atoms with van der Waals surface area (Å²) >= 11 is 0. The standard InChI is InChI=1S/C14H16F3N3O2S/c15-14(16,17)13-7-12(2-1-11(13)9-19)23(21,22)20-5-3-10(8-18)4-6-20/h1-2,7,10H,3-6,8,18H2. The quantitative estimate of drug-likeness (QED) is 0.905. The molecule has 0 radical (unpaired) electrons. The molecule has 0 aliphatic carbocycles. The molecule has 0 spiro atoms. The molecule has 5 nitrogen and oxygen atoms in total. The van der Waals surface area contributed by atoms with Crippen molar-refractivity contribution in [2.75, 3.05) is 19.6 Å². The van der Waals surface area contributed by atoms with E-state index in [0.717, 1.165) is 12.1 Å². The van der Waals surface area contributed by atoms with E-state index in [9.17, 15) is 21.6 Å². The molecule has 0 bridgehead atoms. The van der Waals surface area contributed by atoms with E-state index >= 15 is 0 Å². The lowest BCUT2D eigenvalue weighted by Crippen LogP contribution is -2.40. The summed E-state index contributed by atoms with van der Waals surface area (Å²) in [4.78, 5) is -0.449. The summed E-state index contributed by atoms with van der Waals surface area (Å²) in [6.07, 6.45) is -3.63. The van der Waals surface area contributed by atoms with Crippen LogP contribution in [-0.2, 0) is 16.2 Å². The number of halogens is 3. The number of nitrogens with zero attached hydrogens (tertiary/aromatic N) is 2. The summed E-state index contributed by atoms with van der Waals surface area (Å²) in [6.45, 7) is 0.917. The molecule has 1 aliphatic heterocycles. The first-order valence-electron chi connectivity index (χ1n) is 7.01. The fraction of sp³-hybridized carbons (Fsp3) is 0.500. The molecule has 2 rings (SSSR count). The van der Waals surface area contributed by atoms with Crippen molar-refractivity contribution in [2.24, 2.45) is 11.7 Å². The maximum absolute atomic E-state index is 13.0. The lowest BCUT2D eigenvalue weighted by molar-refractivity contribution is -0.137. The second-order valence-electron chi connectivity index (χ2n) is 5.40. The highest BCUT2D eigenvalue weighted by Crippen LogP contribution is 2.34. The largest absolute Gasteiger partial charge is 0.417 e. The van der Waals surface area contributed by atoms with Crippen LogP contribution in [0.5, 0.6) is 0 Å². The van der Waals surface area contributed by atoms with Crippen LogP contribution < -0.4 is 5.73 Å². The van der Waals surface area contributed by atoms with Gasteiger partial charge in [-0.1, -0.05) is 0 Å². The number of hydrogen-bond donors (Lipinski definition) is 1. The number of sulfonamides is 1. The summed E-state index contributed by atoms with van der Waals surface area (Å²) in [5.41, 5.74) is 3.71. The van der Waals surface area contributed by atoms with E-state index in [2.05, 4.69) is 0 Å². The van der Waals surface area contributed by atoms with Gasteiger partial charge in [-0.3, -0.25) is 0 Å². The molecule has 0 aromatic heterocycles. The Balaban J connectivity index is 2.36. The first kappa shape index (κ1) is 17.7. The van der Waals surface area contributed by atoms with E-state index in [1.54, 1.807) is 0 Å². The average Bonchev–Trinajstić information content (AvgIpc) is 2.53. The van der Waals surface area contributed by atoms with Gasteiger partial charge in [-0.25, -0.2) is 8.42 Å². The smallest absolute Gasteiger partial charge is 0.330 e. The molecular weight excluding hydrogens is 331 g/mol. The van der Waals surface area contributed by atoms with Gasteiger partial charge in [0.25, 0.3) is 0 Å². The van der Waals surface area contributed by atoms with E-state index in [1.165, 1.54) is 10.4 Å². The zero-order chi connectivity index (χ0) is 17.3. The minimum Gasteiger partial charge on any atom is -0.330 e. The van der Waals surface area contributed by atoms with E-state index in [0.29, 0.717) is 25.5 Å². The second kappa shape index (κ2) is 6.47. The number of hydrogen-bond acceptors (Lipinski definition) is 4. The topological polar surface area (TPSA) is 87.2 Å². The van der Waals surface area contributed by atoms with Gasteiger partial charge in [-0.05, 0) is 43.5 Å². The Hall–Kier alpha value is -1.63. The molecule has 2 N–H and O–H groups in total. The normalized spacial score (nSPS) is 17.9. The third-order valence-corrected chi connectivity index (χ3v) is 5.86. The van der Waals surface area contributed by atoms with Crippen LogP contribution in [0.3, 0.4) is 0 Å². The Morgan fingerprint density at radius 3 is 2.39 bits per heavy atom. The molecule has 1 aromatic carbocycles. The van der Waals surface area contributed by atoms with Gasteiger partial charge in [0.05, 0.1) is 22.1 Å².